The van der Waals surface area contributed by atoms with Gasteiger partial charge in [-0.15, -0.1) is 0 Å². The van der Waals surface area contributed by atoms with E-state index >= 15 is 0 Å². The van der Waals surface area contributed by atoms with E-state index in [1.54, 1.807) is 0 Å². The van der Waals surface area contributed by atoms with Crippen molar-refractivity contribution in [2.45, 2.75) is 5.03 Å². The molecule has 0 radical (unpaired) electrons. The van der Waals surface area contributed by atoms with E-state index in [0.29, 0.717) is 0 Å². The van der Waals surface area contributed by atoms with E-state index < -0.39 is 15.6 Å². The number of aromatic nitrogens is 3. The molecular formula is C9H10N6O3S. The average Bonchev–Trinajstić information content (AvgIpc) is 2.41. The molecule has 2 heterocycles. The fourth-order valence-corrected chi connectivity index (χ4v) is 2.40. The average molecular weight is 282 g/mol. The zero-order chi connectivity index (χ0) is 13.9. The van der Waals surface area contributed by atoms with E-state index in [0.717, 1.165) is 6.07 Å². The summed E-state index contributed by atoms with van der Waals surface area (Å²) < 4.78 is 26.3. The molecule has 2 aromatic heterocycles. The molecule has 10 heteroatoms. The van der Waals surface area contributed by atoms with Gasteiger partial charge in [0.1, 0.15) is 0 Å². The number of aromatic amines is 1. The number of rotatable bonds is 4. The zero-order valence-corrected chi connectivity index (χ0v) is 10.3. The molecule has 0 fully saturated rings. The van der Waals surface area contributed by atoms with E-state index in [1.165, 1.54) is 24.4 Å². The third-order valence-electron chi connectivity index (χ3n) is 2.10. The van der Waals surface area contributed by atoms with Crippen LogP contribution in [0.1, 0.15) is 0 Å². The molecule has 0 saturated heterocycles. The summed E-state index contributed by atoms with van der Waals surface area (Å²) in [6.07, 6.45) is 1.32. The van der Waals surface area contributed by atoms with Crippen molar-refractivity contribution in [2.24, 2.45) is 5.84 Å². The van der Waals surface area contributed by atoms with Gasteiger partial charge in [0, 0.05) is 12.3 Å². The van der Waals surface area contributed by atoms with Gasteiger partial charge in [-0.05, 0) is 18.2 Å². The molecule has 9 nitrogen and oxygen atoms in total. The number of nitrogens with one attached hydrogen (secondary N) is 3. The number of pyridine rings is 1. The Morgan fingerprint density at radius 1 is 1.26 bits per heavy atom. The summed E-state index contributed by atoms with van der Waals surface area (Å²) in [6.45, 7) is 0. The maximum atomic E-state index is 12.1. The predicted molar refractivity (Wildman–Crippen MR) is 67.7 cm³/mol. The summed E-state index contributed by atoms with van der Waals surface area (Å²) >= 11 is 0. The first-order valence-electron chi connectivity index (χ1n) is 5.03. The molecule has 0 aliphatic heterocycles. The summed E-state index contributed by atoms with van der Waals surface area (Å²) in [4.78, 5) is 14.6. The molecule has 0 amide bonds. The highest BCUT2D eigenvalue weighted by molar-refractivity contribution is 7.92. The Labute approximate surface area is 107 Å². The number of nitrogens with zero attached hydrogens (tertiary/aromatic N) is 2. The van der Waals surface area contributed by atoms with E-state index in [-0.39, 0.29) is 16.5 Å². The quantitative estimate of drug-likeness (QED) is 0.426. The van der Waals surface area contributed by atoms with Crippen molar-refractivity contribution in [1.82, 2.24) is 15.2 Å². The third kappa shape index (κ3) is 2.86. The van der Waals surface area contributed by atoms with Crippen LogP contribution < -0.4 is 21.5 Å². The van der Waals surface area contributed by atoms with Crippen molar-refractivity contribution in [2.75, 3.05) is 10.1 Å². The smallest absolute Gasteiger partial charge is 0.282 e. The Bertz CT molecular complexity index is 721. The molecule has 0 aliphatic carbocycles. The van der Waals surface area contributed by atoms with Crippen LogP contribution in [-0.2, 0) is 10.0 Å². The van der Waals surface area contributed by atoms with Crippen molar-refractivity contribution < 1.29 is 8.42 Å². The summed E-state index contributed by atoms with van der Waals surface area (Å²) in [5.41, 5.74) is 1.94. The van der Waals surface area contributed by atoms with Gasteiger partial charge in [-0.25, -0.2) is 10.1 Å². The molecule has 19 heavy (non-hydrogen) atoms. The minimum absolute atomic E-state index is 0.0341. The number of H-pyrrole nitrogens is 1. The Hall–Kier alpha value is -2.46. The monoisotopic (exact) mass is 282 g/mol. The lowest BCUT2D eigenvalue weighted by atomic mass is 10.4. The first-order valence-corrected chi connectivity index (χ1v) is 6.51. The van der Waals surface area contributed by atoms with Crippen LogP contribution in [0.2, 0.25) is 0 Å². The van der Waals surface area contributed by atoms with Crippen molar-refractivity contribution >= 4 is 21.5 Å². The SMILES string of the molecule is NNc1cccnc1S(=O)(=O)Nc1ccc(=O)[nH]n1. The van der Waals surface area contributed by atoms with E-state index in [2.05, 4.69) is 25.3 Å². The Balaban J connectivity index is 2.37. The minimum atomic E-state index is -3.96. The zero-order valence-electron chi connectivity index (χ0n) is 9.49. The number of hydrogen-bond acceptors (Lipinski definition) is 7. The molecule has 0 bridgehead atoms. The highest BCUT2D eigenvalue weighted by Gasteiger charge is 2.20. The molecule has 0 aliphatic rings. The molecule has 100 valence electrons. The van der Waals surface area contributed by atoms with Crippen molar-refractivity contribution in [3.63, 3.8) is 0 Å². The Morgan fingerprint density at radius 3 is 2.68 bits per heavy atom. The lowest BCUT2D eigenvalue weighted by Gasteiger charge is -2.09. The van der Waals surface area contributed by atoms with Crippen molar-refractivity contribution in [1.29, 1.82) is 0 Å². The van der Waals surface area contributed by atoms with Crippen LogP contribution in [0.3, 0.4) is 0 Å². The second-order valence-corrected chi connectivity index (χ2v) is 5.01. The second-order valence-electron chi connectivity index (χ2n) is 3.41. The van der Waals surface area contributed by atoms with Gasteiger partial charge in [0.2, 0.25) is 5.03 Å². The maximum Gasteiger partial charge on any atom is 0.282 e. The number of hydrogen-bond donors (Lipinski definition) is 4. The predicted octanol–water partition coefficient (Wildman–Crippen LogP) is -0.749. The largest absolute Gasteiger partial charge is 0.321 e. The number of sulfonamides is 1. The van der Waals surface area contributed by atoms with Crippen LogP contribution >= 0.6 is 0 Å². The topological polar surface area (TPSA) is 143 Å². The highest BCUT2D eigenvalue weighted by atomic mass is 32.2. The van der Waals surface area contributed by atoms with Crippen LogP contribution in [0.15, 0.2) is 40.3 Å². The summed E-state index contributed by atoms with van der Waals surface area (Å²) in [7, 11) is -3.96. The summed E-state index contributed by atoms with van der Waals surface area (Å²) in [5, 5.41) is 5.37. The summed E-state index contributed by atoms with van der Waals surface area (Å²) in [5.74, 6) is 5.18. The van der Waals surface area contributed by atoms with Gasteiger partial charge in [-0.2, -0.15) is 13.5 Å². The number of nitrogens with two attached hydrogens (primary N) is 1. The minimum Gasteiger partial charge on any atom is -0.321 e. The first-order chi connectivity index (χ1) is 9.03. The van der Waals surface area contributed by atoms with E-state index in [4.69, 9.17) is 5.84 Å². The standard InChI is InChI=1S/C9H10N6O3S/c10-12-6-2-1-5-11-9(6)19(17,18)15-7-3-4-8(16)14-13-7/h1-5,12H,10H2,(H,13,15)(H,14,16). The lowest BCUT2D eigenvalue weighted by Crippen LogP contribution is -2.20. The highest BCUT2D eigenvalue weighted by Crippen LogP contribution is 2.18. The molecule has 2 aromatic rings. The van der Waals surface area contributed by atoms with Gasteiger partial charge in [0.15, 0.2) is 5.82 Å². The van der Waals surface area contributed by atoms with Gasteiger partial charge in [-0.1, -0.05) is 0 Å². The molecule has 0 unspecified atom stereocenters. The maximum absolute atomic E-state index is 12.1. The number of anilines is 2. The summed E-state index contributed by atoms with van der Waals surface area (Å²) in [6, 6.07) is 5.37. The van der Waals surface area contributed by atoms with E-state index in [9.17, 15) is 13.2 Å². The van der Waals surface area contributed by atoms with Gasteiger partial charge in [-0.3, -0.25) is 15.4 Å². The molecule has 0 spiro atoms. The Morgan fingerprint density at radius 2 is 2.05 bits per heavy atom. The van der Waals surface area contributed by atoms with Crippen LogP contribution in [-0.4, -0.2) is 23.6 Å². The molecule has 5 N–H and O–H groups in total. The van der Waals surface area contributed by atoms with Gasteiger partial charge in [0.05, 0.1) is 5.69 Å². The first kappa shape index (κ1) is 13.0. The normalized spacial score (nSPS) is 11.0. The van der Waals surface area contributed by atoms with Crippen LogP contribution in [0.4, 0.5) is 11.5 Å². The molecule has 0 atom stereocenters. The number of nitrogen functional groups attached to an aromatic ring is 1. The van der Waals surface area contributed by atoms with E-state index in [1.807, 2.05) is 0 Å². The second kappa shape index (κ2) is 5.04. The third-order valence-corrected chi connectivity index (χ3v) is 3.41. The van der Waals surface area contributed by atoms with Gasteiger partial charge >= 0.3 is 0 Å². The van der Waals surface area contributed by atoms with Crippen molar-refractivity contribution in [3.05, 3.63) is 40.8 Å². The fraction of sp³-hybridized carbons (Fsp3) is 0. The van der Waals surface area contributed by atoms with Gasteiger partial charge in [0.25, 0.3) is 15.6 Å². The van der Waals surface area contributed by atoms with Crippen molar-refractivity contribution in [3.8, 4) is 0 Å². The van der Waals surface area contributed by atoms with Gasteiger partial charge < -0.3 is 5.43 Å². The Kier molecular flexibility index (Phi) is 3.44. The van der Waals surface area contributed by atoms with Crippen LogP contribution in [0, 0.1) is 0 Å². The molecule has 0 aromatic carbocycles. The lowest BCUT2D eigenvalue weighted by molar-refractivity contribution is 0.597. The molecular weight excluding hydrogens is 272 g/mol. The fourth-order valence-electron chi connectivity index (χ4n) is 1.30. The molecule has 0 saturated carbocycles. The molecule has 2 rings (SSSR count). The van der Waals surface area contributed by atoms with Crippen LogP contribution in [0.5, 0.6) is 0 Å². The van der Waals surface area contributed by atoms with Crippen LogP contribution in [0.25, 0.3) is 0 Å². The number of hydrazine groups is 1.